The van der Waals surface area contributed by atoms with Crippen molar-refractivity contribution in [3.63, 3.8) is 0 Å². The number of nitrogens with zero attached hydrogens (tertiary/aromatic N) is 3. The minimum Gasteiger partial charge on any atom is -0.345 e. The lowest BCUT2D eigenvalue weighted by Gasteiger charge is -2.34. The highest BCUT2D eigenvalue weighted by Crippen LogP contribution is 2.33. The third kappa shape index (κ3) is 4.22. The van der Waals surface area contributed by atoms with Crippen LogP contribution in [0.15, 0.2) is 5.51 Å². The molecule has 2 heterocycles. The monoisotopic (exact) mass is 363 g/mol. The maximum atomic E-state index is 13.0. The molecule has 0 unspecified atom stereocenters. The van der Waals surface area contributed by atoms with E-state index < -0.39 is 0 Å². The van der Waals surface area contributed by atoms with Crippen molar-refractivity contribution >= 4 is 23.2 Å². The maximum Gasteiger partial charge on any atom is 0.226 e. The summed E-state index contributed by atoms with van der Waals surface area (Å²) in [5.74, 6) is 0.142. The summed E-state index contributed by atoms with van der Waals surface area (Å²) in [6.07, 6.45) is 6.90. The van der Waals surface area contributed by atoms with Crippen molar-refractivity contribution in [3.05, 3.63) is 16.1 Å². The number of hydrogen-bond donors (Lipinski definition) is 0. The summed E-state index contributed by atoms with van der Waals surface area (Å²) in [6.45, 7) is 4.45. The largest absolute Gasteiger partial charge is 0.345 e. The van der Waals surface area contributed by atoms with Crippen LogP contribution in [-0.4, -0.2) is 53.3 Å². The van der Waals surface area contributed by atoms with Gasteiger partial charge in [0.1, 0.15) is 0 Å². The van der Waals surface area contributed by atoms with E-state index in [1.165, 1.54) is 4.88 Å². The summed E-state index contributed by atoms with van der Waals surface area (Å²) >= 11 is 1.65. The Morgan fingerprint density at radius 1 is 1.20 bits per heavy atom. The van der Waals surface area contributed by atoms with Crippen LogP contribution in [0, 0.1) is 18.8 Å². The number of rotatable bonds is 5. The van der Waals surface area contributed by atoms with Crippen LogP contribution in [0.4, 0.5) is 0 Å². The molecule has 5 nitrogen and oxygen atoms in total. The number of amides is 2. The minimum atomic E-state index is -0.130. The molecule has 1 aromatic rings. The zero-order valence-electron chi connectivity index (χ0n) is 15.4. The highest BCUT2D eigenvalue weighted by molar-refractivity contribution is 7.09. The van der Waals surface area contributed by atoms with E-state index in [1.54, 1.807) is 11.3 Å². The van der Waals surface area contributed by atoms with Crippen molar-refractivity contribution in [1.29, 1.82) is 0 Å². The molecule has 3 rings (SSSR count). The van der Waals surface area contributed by atoms with Crippen LogP contribution in [0.1, 0.15) is 49.1 Å². The van der Waals surface area contributed by atoms with E-state index >= 15 is 0 Å². The molecule has 2 atom stereocenters. The van der Waals surface area contributed by atoms with Crippen LogP contribution in [-0.2, 0) is 16.0 Å². The Morgan fingerprint density at radius 3 is 2.52 bits per heavy atom. The lowest BCUT2D eigenvalue weighted by molar-refractivity contribution is -0.147. The van der Waals surface area contributed by atoms with E-state index in [4.69, 9.17) is 0 Å². The molecule has 2 amide bonds. The number of hydrogen-bond acceptors (Lipinski definition) is 4. The molecule has 2 aliphatic rings. The standard InChI is InChI=1S/C19H29N3O2S/c1-14-17(25-13-20-14)9-12-21(2)18(23)15-7-3-4-8-16(15)19(24)22-10-5-6-11-22/h13,15-16H,3-12H2,1-2H3/t15-,16+/m1/s1. The Kier molecular flexibility index (Phi) is 6.10. The number of aromatic nitrogens is 1. The number of likely N-dealkylation sites (tertiary alicyclic amines) is 1. The first-order valence-corrected chi connectivity index (χ1v) is 10.4. The van der Waals surface area contributed by atoms with E-state index in [1.807, 2.05) is 29.3 Å². The van der Waals surface area contributed by atoms with Gasteiger partial charge in [-0.15, -0.1) is 11.3 Å². The molecule has 0 spiro atoms. The summed E-state index contributed by atoms with van der Waals surface area (Å²) in [5.41, 5.74) is 2.92. The van der Waals surface area contributed by atoms with Gasteiger partial charge in [0.05, 0.1) is 11.2 Å². The topological polar surface area (TPSA) is 53.5 Å². The first-order chi connectivity index (χ1) is 12.1. The third-order valence-electron chi connectivity index (χ3n) is 5.71. The van der Waals surface area contributed by atoms with E-state index in [9.17, 15) is 9.59 Å². The third-order valence-corrected chi connectivity index (χ3v) is 6.71. The fraction of sp³-hybridized carbons (Fsp3) is 0.737. The van der Waals surface area contributed by atoms with Gasteiger partial charge in [-0.3, -0.25) is 9.59 Å². The fourth-order valence-electron chi connectivity index (χ4n) is 4.12. The molecule has 0 aromatic carbocycles. The Balaban J connectivity index is 1.61. The highest BCUT2D eigenvalue weighted by Gasteiger charge is 2.39. The van der Waals surface area contributed by atoms with Gasteiger partial charge in [-0.25, -0.2) is 4.98 Å². The second kappa shape index (κ2) is 8.30. The van der Waals surface area contributed by atoms with Crippen molar-refractivity contribution in [1.82, 2.24) is 14.8 Å². The van der Waals surface area contributed by atoms with Gasteiger partial charge < -0.3 is 9.80 Å². The van der Waals surface area contributed by atoms with Gasteiger partial charge in [0.2, 0.25) is 11.8 Å². The first-order valence-electron chi connectivity index (χ1n) is 9.50. The number of thiazole rings is 1. The number of carbonyl (C=O) groups excluding carboxylic acids is 2. The Bertz CT molecular complexity index is 610. The van der Waals surface area contributed by atoms with Gasteiger partial charge >= 0.3 is 0 Å². The van der Waals surface area contributed by atoms with Crippen molar-refractivity contribution in [2.24, 2.45) is 11.8 Å². The molecule has 1 saturated carbocycles. The van der Waals surface area contributed by atoms with Gasteiger partial charge in [-0.2, -0.15) is 0 Å². The van der Waals surface area contributed by atoms with Crippen molar-refractivity contribution in [3.8, 4) is 0 Å². The van der Waals surface area contributed by atoms with Crippen LogP contribution >= 0.6 is 11.3 Å². The normalized spacial score (nSPS) is 23.7. The molecule has 138 valence electrons. The van der Waals surface area contributed by atoms with E-state index in [0.29, 0.717) is 6.54 Å². The van der Waals surface area contributed by atoms with Gasteiger partial charge in [0.25, 0.3) is 0 Å². The Morgan fingerprint density at radius 2 is 1.88 bits per heavy atom. The van der Waals surface area contributed by atoms with E-state index in [-0.39, 0.29) is 23.7 Å². The molecule has 6 heteroatoms. The molecule has 0 radical (unpaired) electrons. The lowest BCUT2D eigenvalue weighted by Crippen LogP contribution is -2.45. The van der Waals surface area contributed by atoms with E-state index in [2.05, 4.69) is 4.98 Å². The highest BCUT2D eigenvalue weighted by atomic mass is 32.1. The van der Waals surface area contributed by atoms with Crippen molar-refractivity contribution < 1.29 is 9.59 Å². The van der Waals surface area contributed by atoms with Crippen LogP contribution in [0.3, 0.4) is 0 Å². The molecule has 2 fully saturated rings. The maximum absolute atomic E-state index is 13.0. The molecular weight excluding hydrogens is 334 g/mol. The SMILES string of the molecule is Cc1ncsc1CCN(C)C(=O)[C@@H]1CCCC[C@@H]1C(=O)N1CCCC1. The lowest BCUT2D eigenvalue weighted by atomic mass is 9.77. The zero-order valence-corrected chi connectivity index (χ0v) is 16.2. The summed E-state index contributed by atoms with van der Waals surface area (Å²) < 4.78 is 0. The number of carbonyl (C=O) groups is 2. The average molecular weight is 364 g/mol. The molecule has 1 aromatic heterocycles. The molecule has 0 bridgehead atoms. The summed E-state index contributed by atoms with van der Waals surface area (Å²) in [6, 6.07) is 0. The molecule has 1 aliphatic heterocycles. The van der Waals surface area contributed by atoms with E-state index in [0.717, 1.165) is 63.7 Å². The second-order valence-corrected chi connectivity index (χ2v) is 8.34. The van der Waals surface area contributed by atoms with Crippen LogP contribution < -0.4 is 0 Å². The predicted molar refractivity (Wildman–Crippen MR) is 99.5 cm³/mol. The van der Waals surface area contributed by atoms with Crippen molar-refractivity contribution in [2.45, 2.75) is 51.9 Å². The van der Waals surface area contributed by atoms with Gasteiger partial charge in [-0.1, -0.05) is 12.8 Å². The van der Waals surface area contributed by atoms with Crippen LogP contribution in [0.25, 0.3) is 0 Å². The average Bonchev–Trinajstić information content (AvgIpc) is 3.30. The molecule has 25 heavy (non-hydrogen) atoms. The van der Waals surface area contributed by atoms with Crippen LogP contribution in [0.5, 0.6) is 0 Å². The fourth-order valence-corrected chi connectivity index (χ4v) is 4.89. The Labute approximate surface area is 154 Å². The van der Waals surface area contributed by atoms with Crippen LogP contribution in [0.2, 0.25) is 0 Å². The summed E-state index contributed by atoms with van der Waals surface area (Å²) in [5, 5.41) is 0. The quantitative estimate of drug-likeness (QED) is 0.808. The van der Waals surface area contributed by atoms with Crippen molar-refractivity contribution in [2.75, 3.05) is 26.7 Å². The number of likely N-dealkylation sites (N-methyl/N-ethyl adjacent to an activating group) is 1. The Hall–Kier alpha value is -1.43. The molecule has 0 N–H and O–H groups in total. The van der Waals surface area contributed by atoms with Gasteiger partial charge in [-0.05, 0) is 32.6 Å². The number of aryl methyl sites for hydroxylation is 1. The zero-order chi connectivity index (χ0) is 17.8. The molecular formula is C19H29N3O2S. The summed E-state index contributed by atoms with van der Waals surface area (Å²) in [4.78, 5) is 35.2. The first kappa shape index (κ1) is 18.4. The molecule has 1 aliphatic carbocycles. The predicted octanol–water partition coefficient (Wildman–Crippen LogP) is 2.88. The van der Waals surface area contributed by atoms with Gasteiger partial charge in [0, 0.05) is 49.8 Å². The second-order valence-electron chi connectivity index (χ2n) is 7.40. The smallest absolute Gasteiger partial charge is 0.226 e. The van der Waals surface area contributed by atoms with Gasteiger partial charge in [0.15, 0.2) is 0 Å². The minimum absolute atomic E-state index is 0.105. The molecule has 1 saturated heterocycles. The summed E-state index contributed by atoms with van der Waals surface area (Å²) in [7, 11) is 1.88.